The van der Waals surface area contributed by atoms with Crippen molar-refractivity contribution in [2.24, 2.45) is 0 Å². The first-order valence-corrected chi connectivity index (χ1v) is 8.60. The lowest BCUT2D eigenvalue weighted by Gasteiger charge is -2.19. The third-order valence-electron chi connectivity index (χ3n) is 4.06. The number of ether oxygens (including phenoxy) is 1. The molecular weight excluding hydrogens is 322 g/mol. The smallest absolute Gasteiger partial charge is 0.261 e. The number of amides is 1. The van der Waals surface area contributed by atoms with Crippen LogP contribution in [-0.4, -0.2) is 12.0 Å². The highest BCUT2D eigenvalue weighted by Crippen LogP contribution is 2.22. The first kappa shape index (κ1) is 18.3. The van der Waals surface area contributed by atoms with E-state index in [1.54, 1.807) is 19.1 Å². The van der Waals surface area contributed by atoms with Crippen molar-refractivity contribution in [3.8, 4) is 5.75 Å². The maximum Gasteiger partial charge on any atom is 0.261 e. The highest BCUT2D eigenvalue weighted by Gasteiger charge is 2.18. The van der Waals surface area contributed by atoms with Crippen molar-refractivity contribution in [3.63, 3.8) is 0 Å². The van der Waals surface area contributed by atoms with E-state index in [4.69, 9.17) is 16.3 Å². The number of nitrogens with one attached hydrogen (secondary N) is 1. The maximum absolute atomic E-state index is 12.3. The lowest BCUT2D eigenvalue weighted by molar-refractivity contribution is -0.127. The van der Waals surface area contributed by atoms with Gasteiger partial charge in [0.15, 0.2) is 6.10 Å². The Bertz CT molecular complexity index is 697. The molecule has 2 rings (SSSR count). The van der Waals surface area contributed by atoms with Crippen LogP contribution in [0.1, 0.15) is 43.5 Å². The summed E-state index contributed by atoms with van der Waals surface area (Å²) < 4.78 is 5.71. The van der Waals surface area contributed by atoms with Crippen LogP contribution in [0.25, 0.3) is 0 Å². The Labute approximate surface area is 149 Å². The molecule has 2 aromatic rings. The van der Waals surface area contributed by atoms with Crippen LogP contribution < -0.4 is 10.1 Å². The molecule has 0 unspecified atom stereocenters. The van der Waals surface area contributed by atoms with E-state index in [0.717, 1.165) is 17.5 Å². The molecule has 2 atom stereocenters. The van der Waals surface area contributed by atoms with Crippen molar-refractivity contribution in [2.45, 2.75) is 46.3 Å². The molecule has 0 bridgehead atoms. The Morgan fingerprint density at radius 3 is 2.42 bits per heavy atom. The molecule has 24 heavy (non-hydrogen) atoms. The Balaban J connectivity index is 1.95. The van der Waals surface area contributed by atoms with Gasteiger partial charge in [0, 0.05) is 5.02 Å². The van der Waals surface area contributed by atoms with Gasteiger partial charge in [0.1, 0.15) is 5.75 Å². The molecule has 1 N–H and O–H groups in total. The van der Waals surface area contributed by atoms with E-state index >= 15 is 0 Å². The summed E-state index contributed by atoms with van der Waals surface area (Å²) in [5.74, 6) is 0.495. The first-order chi connectivity index (χ1) is 11.4. The number of aryl methyl sites for hydroxylation is 2. The van der Waals surface area contributed by atoms with Crippen LogP contribution in [0, 0.1) is 6.92 Å². The quantitative estimate of drug-likeness (QED) is 0.812. The molecule has 0 aliphatic heterocycles. The van der Waals surface area contributed by atoms with Crippen LogP contribution in [0.15, 0.2) is 42.5 Å². The van der Waals surface area contributed by atoms with Crippen LogP contribution in [0.5, 0.6) is 5.75 Å². The van der Waals surface area contributed by atoms with E-state index in [-0.39, 0.29) is 11.9 Å². The van der Waals surface area contributed by atoms with Crippen molar-refractivity contribution >= 4 is 17.5 Å². The van der Waals surface area contributed by atoms with E-state index < -0.39 is 6.10 Å². The third kappa shape index (κ3) is 4.75. The number of carbonyl (C=O) groups excluding carboxylic acids is 1. The van der Waals surface area contributed by atoms with Gasteiger partial charge in [-0.25, -0.2) is 0 Å². The number of halogens is 1. The summed E-state index contributed by atoms with van der Waals surface area (Å²) in [6.07, 6.45) is 0.426. The monoisotopic (exact) mass is 345 g/mol. The molecule has 0 aliphatic carbocycles. The van der Waals surface area contributed by atoms with Crippen LogP contribution in [0.4, 0.5) is 0 Å². The Morgan fingerprint density at radius 1 is 1.17 bits per heavy atom. The standard InChI is InChI=1S/C20H24ClNO2/c1-5-16-6-8-17(9-7-16)14(3)22-20(23)15(4)24-18-10-11-19(21)13(2)12-18/h6-12,14-15H,5H2,1-4H3,(H,22,23)/t14-,15+/m0/s1. The summed E-state index contributed by atoms with van der Waals surface area (Å²) in [5.41, 5.74) is 3.29. The van der Waals surface area contributed by atoms with Gasteiger partial charge in [-0.05, 0) is 62.1 Å². The number of benzene rings is 2. The van der Waals surface area contributed by atoms with Gasteiger partial charge in [-0.2, -0.15) is 0 Å². The lowest BCUT2D eigenvalue weighted by Crippen LogP contribution is -2.37. The predicted molar refractivity (Wildman–Crippen MR) is 98.7 cm³/mol. The minimum atomic E-state index is -0.581. The van der Waals surface area contributed by atoms with E-state index in [1.165, 1.54) is 5.56 Å². The van der Waals surface area contributed by atoms with E-state index in [2.05, 4.69) is 36.5 Å². The Hall–Kier alpha value is -2.00. The van der Waals surface area contributed by atoms with Gasteiger partial charge >= 0.3 is 0 Å². The average molecular weight is 346 g/mol. The molecule has 0 aliphatic rings. The second-order valence-electron chi connectivity index (χ2n) is 6.00. The molecular formula is C20H24ClNO2. The molecule has 0 radical (unpaired) electrons. The van der Waals surface area contributed by atoms with Gasteiger partial charge < -0.3 is 10.1 Å². The summed E-state index contributed by atoms with van der Waals surface area (Å²) in [5, 5.41) is 3.67. The molecule has 2 aromatic carbocycles. The second-order valence-corrected chi connectivity index (χ2v) is 6.40. The molecule has 128 valence electrons. The van der Waals surface area contributed by atoms with Gasteiger partial charge in [0.05, 0.1) is 6.04 Å². The number of carbonyl (C=O) groups is 1. The summed E-state index contributed by atoms with van der Waals surface area (Å²) in [4.78, 5) is 12.3. The van der Waals surface area contributed by atoms with E-state index in [0.29, 0.717) is 10.8 Å². The van der Waals surface area contributed by atoms with E-state index in [9.17, 15) is 4.79 Å². The molecule has 0 saturated carbocycles. The molecule has 0 saturated heterocycles. The van der Waals surface area contributed by atoms with Crippen LogP contribution in [0.2, 0.25) is 5.02 Å². The second kappa shape index (κ2) is 8.20. The number of hydrogen-bond donors (Lipinski definition) is 1. The van der Waals surface area contributed by atoms with Gasteiger partial charge in [-0.1, -0.05) is 42.8 Å². The first-order valence-electron chi connectivity index (χ1n) is 8.22. The fourth-order valence-electron chi connectivity index (χ4n) is 2.40. The fourth-order valence-corrected chi connectivity index (χ4v) is 2.52. The average Bonchev–Trinajstić information content (AvgIpc) is 2.58. The number of rotatable bonds is 6. The zero-order valence-electron chi connectivity index (χ0n) is 14.6. The van der Waals surface area contributed by atoms with Crippen LogP contribution >= 0.6 is 11.6 Å². The summed E-state index contributed by atoms with van der Waals surface area (Å²) >= 11 is 6.00. The topological polar surface area (TPSA) is 38.3 Å². The zero-order chi connectivity index (χ0) is 17.7. The van der Waals surface area contributed by atoms with Crippen molar-refractivity contribution in [2.75, 3.05) is 0 Å². The summed E-state index contributed by atoms with van der Waals surface area (Å²) in [6.45, 7) is 7.74. The fraction of sp³-hybridized carbons (Fsp3) is 0.350. The Morgan fingerprint density at radius 2 is 1.83 bits per heavy atom. The maximum atomic E-state index is 12.3. The number of hydrogen-bond acceptors (Lipinski definition) is 2. The van der Waals surface area contributed by atoms with Crippen molar-refractivity contribution in [1.82, 2.24) is 5.32 Å². The van der Waals surface area contributed by atoms with E-state index in [1.807, 2.05) is 19.9 Å². The van der Waals surface area contributed by atoms with Gasteiger partial charge in [-0.15, -0.1) is 0 Å². The normalized spacial score (nSPS) is 13.2. The van der Waals surface area contributed by atoms with Crippen molar-refractivity contribution in [3.05, 3.63) is 64.2 Å². The van der Waals surface area contributed by atoms with Crippen molar-refractivity contribution in [1.29, 1.82) is 0 Å². The molecule has 0 fully saturated rings. The summed E-state index contributed by atoms with van der Waals surface area (Å²) in [6, 6.07) is 13.6. The molecule has 0 aromatic heterocycles. The van der Waals surface area contributed by atoms with Crippen LogP contribution in [-0.2, 0) is 11.2 Å². The van der Waals surface area contributed by atoms with Crippen molar-refractivity contribution < 1.29 is 9.53 Å². The zero-order valence-corrected chi connectivity index (χ0v) is 15.4. The predicted octanol–water partition coefficient (Wildman–Crippen LogP) is 4.86. The van der Waals surface area contributed by atoms with Gasteiger partial charge in [-0.3, -0.25) is 4.79 Å². The molecule has 3 nitrogen and oxygen atoms in total. The van der Waals surface area contributed by atoms with Gasteiger partial charge in [0.2, 0.25) is 0 Å². The molecule has 1 amide bonds. The minimum Gasteiger partial charge on any atom is -0.481 e. The third-order valence-corrected chi connectivity index (χ3v) is 4.48. The summed E-state index contributed by atoms with van der Waals surface area (Å²) in [7, 11) is 0. The lowest BCUT2D eigenvalue weighted by atomic mass is 10.0. The molecule has 4 heteroatoms. The Kier molecular flexibility index (Phi) is 6.27. The highest BCUT2D eigenvalue weighted by molar-refractivity contribution is 6.31. The molecule has 0 spiro atoms. The SMILES string of the molecule is CCc1ccc([C@H](C)NC(=O)[C@@H](C)Oc2ccc(Cl)c(C)c2)cc1. The minimum absolute atomic E-state index is 0.0681. The highest BCUT2D eigenvalue weighted by atomic mass is 35.5. The largest absolute Gasteiger partial charge is 0.481 e. The van der Waals surface area contributed by atoms with Gasteiger partial charge in [0.25, 0.3) is 5.91 Å². The molecule has 0 heterocycles. The van der Waals surface area contributed by atoms with Crippen LogP contribution in [0.3, 0.4) is 0 Å².